The van der Waals surface area contributed by atoms with Gasteiger partial charge in [-0.1, -0.05) is 19.1 Å². The molecule has 7 nitrogen and oxygen atoms in total. The van der Waals surface area contributed by atoms with Crippen LogP contribution in [0.15, 0.2) is 24.3 Å². The Kier molecular flexibility index (Phi) is 9.99. The zero-order valence-electron chi connectivity index (χ0n) is 19.8. The number of piperazine rings is 1. The van der Waals surface area contributed by atoms with Crippen LogP contribution < -0.4 is 10.1 Å². The maximum Gasteiger partial charge on any atom is 0.573 e. The molecule has 0 aromatic heterocycles. The number of nitrogens with zero attached hydrogens (tertiary/aromatic N) is 2. The molecule has 1 amide bonds. The molecule has 1 aliphatic carbocycles. The van der Waals surface area contributed by atoms with Crippen LogP contribution in [0.4, 0.5) is 22.0 Å². The van der Waals surface area contributed by atoms with E-state index >= 15 is 0 Å². The summed E-state index contributed by atoms with van der Waals surface area (Å²) in [5, 5.41) is 2.62. The second kappa shape index (κ2) is 11.8. The van der Waals surface area contributed by atoms with Gasteiger partial charge in [0.15, 0.2) is 0 Å². The van der Waals surface area contributed by atoms with Crippen molar-refractivity contribution in [3.05, 3.63) is 29.8 Å². The molecule has 1 aromatic rings. The number of carbonyl (C=O) groups excluding carboxylic acids is 1. The van der Waals surface area contributed by atoms with Crippen molar-refractivity contribution in [3.63, 3.8) is 0 Å². The molecule has 3 rings (SSSR count). The van der Waals surface area contributed by atoms with Crippen molar-refractivity contribution in [1.29, 1.82) is 0 Å². The van der Waals surface area contributed by atoms with Crippen molar-refractivity contribution in [2.45, 2.75) is 56.9 Å². The number of carbonyl (C=O) groups is 1. The summed E-state index contributed by atoms with van der Waals surface area (Å²) < 4.78 is 96.2. The summed E-state index contributed by atoms with van der Waals surface area (Å²) in [5.74, 6) is -4.28. The molecule has 1 heterocycles. The molecule has 206 valence electrons. The molecule has 2 fully saturated rings. The number of benzene rings is 1. The van der Waals surface area contributed by atoms with Gasteiger partial charge in [0.05, 0.1) is 11.3 Å². The van der Waals surface area contributed by atoms with Crippen LogP contribution in [-0.2, 0) is 10.0 Å². The minimum absolute atomic E-state index is 0. The standard InChI is InChI=1S/C22H30F5N3O4S.ClH/c1-2-15-35(32,33)30-13-11-29(12-14-30)20(7-9-21(23,24)10-8-20)16-28-19(31)17-5-3-4-6-18(17)34-22(25,26)27;/h3-6H,2,7-16H2,1H3,(H,28,31);1H. The lowest BCUT2D eigenvalue weighted by molar-refractivity contribution is -0.274. The predicted octanol–water partition coefficient (Wildman–Crippen LogP) is 4.04. The Labute approximate surface area is 213 Å². The highest BCUT2D eigenvalue weighted by molar-refractivity contribution is 7.89. The van der Waals surface area contributed by atoms with Crippen LogP contribution in [-0.4, -0.2) is 79.8 Å². The summed E-state index contributed by atoms with van der Waals surface area (Å²) in [6.45, 7) is 2.72. The average molecular weight is 564 g/mol. The topological polar surface area (TPSA) is 79.0 Å². The van der Waals surface area contributed by atoms with Crippen LogP contribution in [0.3, 0.4) is 0 Å². The summed E-state index contributed by atoms with van der Waals surface area (Å²) in [6.07, 6.45) is -5.18. The number of para-hydroxylation sites is 1. The molecule has 0 bridgehead atoms. The van der Waals surface area contributed by atoms with E-state index in [1.54, 1.807) is 6.92 Å². The zero-order chi connectivity index (χ0) is 25.9. The van der Waals surface area contributed by atoms with Gasteiger partial charge in [0, 0.05) is 51.1 Å². The fourth-order valence-electron chi connectivity index (χ4n) is 4.72. The van der Waals surface area contributed by atoms with E-state index in [0.717, 1.165) is 6.07 Å². The number of sulfonamides is 1. The van der Waals surface area contributed by atoms with E-state index in [9.17, 15) is 35.2 Å². The van der Waals surface area contributed by atoms with E-state index in [2.05, 4.69) is 10.1 Å². The molecule has 1 N–H and O–H groups in total. The Hall–Kier alpha value is -1.70. The lowest BCUT2D eigenvalue weighted by atomic mass is 9.78. The zero-order valence-corrected chi connectivity index (χ0v) is 21.5. The first kappa shape index (κ1) is 30.5. The van der Waals surface area contributed by atoms with Gasteiger partial charge in [-0.3, -0.25) is 9.69 Å². The third-order valence-corrected chi connectivity index (χ3v) is 8.69. The first-order valence-corrected chi connectivity index (χ1v) is 13.1. The SMILES string of the molecule is CCCS(=O)(=O)N1CCN(C2(CNC(=O)c3ccccc3OC(F)(F)F)CCC(F)(F)CC2)CC1.Cl. The van der Waals surface area contributed by atoms with Gasteiger partial charge in [-0.25, -0.2) is 17.2 Å². The van der Waals surface area contributed by atoms with E-state index in [1.807, 2.05) is 4.90 Å². The highest BCUT2D eigenvalue weighted by atomic mass is 35.5. The number of hydrogen-bond acceptors (Lipinski definition) is 5. The highest BCUT2D eigenvalue weighted by Gasteiger charge is 2.48. The molecule has 14 heteroatoms. The molecule has 1 aromatic carbocycles. The average Bonchev–Trinajstić information content (AvgIpc) is 2.78. The monoisotopic (exact) mass is 563 g/mol. The molecule has 1 aliphatic heterocycles. The van der Waals surface area contributed by atoms with Crippen LogP contribution in [0, 0.1) is 0 Å². The number of amides is 1. The van der Waals surface area contributed by atoms with Gasteiger partial charge in [-0.2, -0.15) is 4.31 Å². The second-order valence-electron chi connectivity index (χ2n) is 9.01. The van der Waals surface area contributed by atoms with Crippen LogP contribution >= 0.6 is 12.4 Å². The van der Waals surface area contributed by atoms with Gasteiger partial charge >= 0.3 is 6.36 Å². The van der Waals surface area contributed by atoms with Crippen molar-refractivity contribution >= 4 is 28.3 Å². The number of rotatable bonds is 8. The molecule has 36 heavy (non-hydrogen) atoms. The van der Waals surface area contributed by atoms with Gasteiger partial charge in [0.25, 0.3) is 5.91 Å². The summed E-state index contributed by atoms with van der Waals surface area (Å²) >= 11 is 0. The van der Waals surface area contributed by atoms with Gasteiger partial charge in [-0.15, -0.1) is 25.6 Å². The Morgan fingerprint density at radius 1 is 1.06 bits per heavy atom. The number of ether oxygens (including phenoxy) is 1. The van der Waals surface area contributed by atoms with E-state index in [0.29, 0.717) is 19.5 Å². The Morgan fingerprint density at radius 2 is 1.64 bits per heavy atom. The van der Waals surface area contributed by atoms with Crippen molar-refractivity contribution in [2.75, 3.05) is 38.5 Å². The fraction of sp³-hybridized carbons (Fsp3) is 0.682. The molecule has 0 atom stereocenters. The van der Waals surface area contributed by atoms with Crippen molar-refractivity contribution in [3.8, 4) is 5.75 Å². The third-order valence-electron chi connectivity index (χ3n) is 6.61. The van der Waals surface area contributed by atoms with E-state index in [1.165, 1.54) is 22.5 Å². The Balaban J connectivity index is 0.00000456. The van der Waals surface area contributed by atoms with E-state index in [4.69, 9.17) is 0 Å². The number of hydrogen-bond donors (Lipinski definition) is 1. The quantitative estimate of drug-likeness (QED) is 0.483. The Morgan fingerprint density at radius 3 is 2.19 bits per heavy atom. The second-order valence-corrected chi connectivity index (χ2v) is 11.1. The minimum Gasteiger partial charge on any atom is -0.405 e. The van der Waals surface area contributed by atoms with Crippen molar-refractivity contribution < 1.29 is 39.9 Å². The lowest BCUT2D eigenvalue weighted by Crippen LogP contribution is -2.63. The molecule has 1 saturated heterocycles. The lowest BCUT2D eigenvalue weighted by Gasteiger charge is -2.50. The van der Waals surface area contributed by atoms with Crippen LogP contribution in [0.25, 0.3) is 0 Å². The molecule has 0 unspecified atom stereocenters. The molecule has 0 radical (unpaired) electrons. The maximum absolute atomic E-state index is 14.0. The van der Waals surface area contributed by atoms with Gasteiger partial charge in [0.1, 0.15) is 5.75 Å². The van der Waals surface area contributed by atoms with Crippen LogP contribution in [0.5, 0.6) is 5.75 Å². The summed E-state index contributed by atoms with van der Waals surface area (Å²) in [5.41, 5.74) is -1.19. The molecular formula is C22H31ClF5N3O4S. The first-order valence-electron chi connectivity index (χ1n) is 11.5. The van der Waals surface area contributed by atoms with Gasteiger partial charge < -0.3 is 10.1 Å². The molecule has 1 saturated carbocycles. The van der Waals surface area contributed by atoms with Gasteiger partial charge in [-0.05, 0) is 31.4 Å². The van der Waals surface area contributed by atoms with Crippen LogP contribution in [0.1, 0.15) is 49.4 Å². The molecule has 0 spiro atoms. The van der Waals surface area contributed by atoms with Gasteiger partial charge in [0.2, 0.25) is 15.9 Å². The maximum atomic E-state index is 14.0. The Bertz CT molecular complexity index is 992. The minimum atomic E-state index is -4.98. The normalized spacial score (nSPS) is 20.8. The highest BCUT2D eigenvalue weighted by Crippen LogP contribution is 2.42. The summed E-state index contributed by atoms with van der Waals surface area (Å²) in [6, 6.07) is 4.91. The number of nitrogens with one attached hydrogen (secondary N) is 1. The van der Waals surface area contributed by atoms with E-state index in [-0.39, 0.29) is 56.2 Å². The fourth-order valence-corrected chi connectivity index (χ4v) is 6.22. The largest absolute Gasteiger partial charge is 0.573 e. The first-order chi connectivity index (χ1) is 16.3. The number of alkyl halides is 5. The molecular weight excluding hydrogens is 533 g/mol. The molecule has 2 aliphatic rings. The smallest absolute Gasteiger partial charge is 0.405 e. The summed E-state index contributed by atoms with van der Waals surface area (Å²) in [7, 11) is -3.40. The summed E-state index contributed by atoms with van der Waals surface area (Å²) in [4.78, 5) is 14.7. The number of halogens is 6. The van der Waals surface area contributed by atoms with E-state index < -0.39 is 52.3 Å². The predicted molar refractivity (Wildman–Crippen MR) is 126 cm³/mol. The van der Waals surface area contributed by atoms with Crippen molar-refractivity contribution in [2.24, 2.45) is 0 Å². The van der Waals surface area contributed by atoms with Crippen LogP contribution in [0.2, 0.25) is 0 Å². The van der Waals surface area contributed by atoms with Crippen molar-refractivity contribution in [1.82, 2.24) is 14.5 Å². The third kappa shape index (κ3) is 7.65.